The van der Waals surface area contributed by atoms with E-state index < -0.39 is 0 Å². The fraction of sp³-hybridized carbons (Fsp3) is 0.615. The lowest BCUT2D eigenvalue weighted by atomic mass is 10.1. The summed E-state index contributed by atoms with van der Waals surface area (Å²) >= 11 is 0. The molecule has 0 aliphatic carbocycles. The first-order valence-corrected chi connectivity index (χ1v) is 6.44. The molecule has 2 N–H and O–H groups in total. The first-order valence-electron chi connectivity index (χ1n) is 6.44. The van der Waals surface area contributed by atoms with E-state index in [2.05, 4.69) is 15.6 Å². The van der Waals surface area contributed by atoms with Crippen LogP contribution in [0.4, 0.5) is 5.82 Å². The predicted molar refractivity (Wildman–Crippen MR) is 75.2 cm³/mol. The summed E-state index contributed by atoms with van der Waals surface area (Å²) in [6.07, 6.45) is 3.52. The molecule has 1 aromatic heterocycles. The van der Waals surface area contributed by atoms with E-state index in [-0.39, 0.29) is 22.8 Å². The van der Waals surface area contributed by atoms with E-state index in [1.165, 1.54) is 0 Å². The van der Waals surface area contributed by atoms with Gasteiger partial charge in [0.1, 0.15) is 0 Å². The maximum Gasteiger partial charge on any atom is 0.293 e. The Labute approximate surface area is 113 Å². The van der Waals surface area contributed by atoms with E-state index in [4.69, 9.17) is 0 Å². The summed E-state index contributed by atoms with van der Waals surface area (Å²) < 4.78 is 1.56. The smallest absolute Gasteiger partial charge is 0.293 e. The molecule has 1 amide bonds. The number of rotatable bonds is 5. The van der Waals surface area contributed by atoms with Crippen molar-refractivity contribution in [2.45, 2.75) is 46.2 Å². The zero-order valence-corrected chi connectivity index (χ0v) is 12.0. The number of hydrogen-bond donors (Lipinski definition) is 2. The van der Waals surface area contributed by atoms with Crippen molar-refractivity contribution >= 4 is 11.7 Å². The zero-order chi connectivity index (χ0) is 14.5. The van der Waals surface area contributed by atoms with Gasteiger partial charge in [0.15, 0.2) is 5.82 Å². The second-order valence-corrected chi connectivity index (χ2v) is 5.34. The minimum Gasteiger partial charge on any atom is -0.365 e. The zero-order valence-electron chi connectivity index (χ0n) is 12.0. The second-order valence-electron chi connectivity index (χ2n) is 5.34. The molecular formula is C13H22N4O2. The molecule has 19 heavy (non-hydrogen) atoms. The first-order chi connectivity index (χ1) is 8.83. The van der Waals surface area contributed by atoms with Crippen molar-refractivity contribution in [2.24, 2.45) is 0 Å². The maximum atomic E-state index is 11.8. The van der Waals surface area contributed by atoms with Gasteiger partial charge in [0.2, 0.25) is 5.91 Å². The Morgan fingerprint density at radius 2 is 2.11 bits per heavy atom. The summed E-state index contributed by atoms with van der Waals surface area (Å²) in [6, 6.07) is 0. The first kappa shape index (κ1) is 15.2. The Balaban J connectivity index is 2.50. The molecule has 106 valence electrons. The molecule has 1 aromatic rings. The number of anilines is 1. The van der Waals surface area contributed by atoms with Crippen LogP contribution in [0.25, 0.3) is 0 Å². The van der Waals surface area contributed by atoms with E-state index in [0.29, 0.717) is 19.5 Å². The molecule has 1 heterocycles. The van der Waals surface area contributed by atoms with Crippen molar-refractivity contribution in [1.29, 1.82) is 0 Å². The van der Waals surface area contributed by atoms with E-state index in [0.717, 1.165) is 0 Å². The minimum atomic E-state index is -0.239. The SMILES string of the molecule is CCn1ccnc(NCCC(=O)NC(C)(C)C)c1=O. The van der Waals surface area contributed by atoms with Crippen LogP contribution in [0.1, 0.15) is 34.1 Å². The number of carbonyl (C=O) groups is 1. The van der Waals surface area contributed by atoms with Crippen LogP contribution in [-0.4, -0.2) is 27.5 Å². The lowest BCUT2D eigenvalue weighted by molar-refractivity contribution is -0.122. The largest absolute Gasteiger partial charge is 0.365 e. The molecule has 1 rings (SSSR count). The molecule has 0 unspecified atom stereocenters. The van der Waals surface area contributed by atoms with Gasteiger partial charge in [0.05, 0.1) is 0 Å². The number of carbonyl (C=O) groups excluding carboxylic acids is 1. The Bertz CT molecular complexity index is 488. The molecule has 0 saturated heterocycles. The molecule has 0 radical (unpaired) electrons. The molecular weight excluding hydrogens is 244 g/mol. The standard InChI is InChI=1S/C13H22N4O2/c1-5-17-9-8-15-11(12(17)19)14-7-6-10(18)16-13(2,3)4/h8-9H,5-7H2,1-4H3,(H,14,15)(H,16,18). The van der Waals surface area contributed by atoms with E-state index in [9.17, 15) is 9.59 Å². The summed E-state index contributed by atoms with van der Waals surface area (Å²) in [6.45, 7) is 8.66. The molecule has 0 fully saturated rings. The van der Waals surface area contributed by atoms with Crippen molar-refractivity contribution in [3.8, 4) is 0 Å². The van der Waals surface area contributed by atoms with Crippen LogP contribution < -0.4 is 16.2 Å². The maximum absolute atomic E-state index is 11.8. The predicted octanol–water partition coefficient (Wildman–Crippen LogP) is 0.980. The number of aryl methyl sites for hydroxylation is 1. The summed E-state index contributed by atoms with van der Waals surface area (Å²) in [7, 11) is 0. The third kappa shape index (κ3) is 5.11. The number of hydrogen-bond acceptors (Lipinski definition) is 4. The van der Waals surface area contributed by atoms with Gasteiger partial charge in [-0.2, -0.15) is 0 Å². The van der Waals surface area contributed by atoms with Crippen molar-refractivity contribution in [3.05, 3.63) is 22.7 Å². The number of nitrogens with one attached hydrogen (secondary N) is 2. The van der Waals surface area contributed by atoms with Crippen molar-refractivity contribution in [1.82, 2.24) is 14.9 Å². The molecule has 6 nitrogen and oxygen atoms in total. The van der Waals surface area contributed by atoms with Crippen molar-refractivity contribution in [3.63, 3.8) is 0 Å². The van der Waals surface area contributed by atoms with Crippen LogP contribution in [-0.2, 0) is 11.3 Å². The van der Waals surface area contributed by atoms with Crippen LogP contribution in [0.2, 0.25) is 0 Å². The van der Waals surface area contributed by atoms with Gasteiger partial charge in [-0.15, -0.1) is 0 Å². The van der Waals surface area contributed by atoms with Gasteiger partial charge in [-0.05, 0) is 27.7 Å². The van der Waals surface area contributed by atoms with Gasteiger partial charge in [-0.1, -0.05) is 0 Å². The van der Waals surface area contributed by atoms with Crippen LogP contribution in [0.15, 0.2) is 17.2 Å². The fourth-order valence-electron chi connectivity index (χ4n) is 1.59. The highest BCUT2D eigenvalue weighted by Gasteiger charge is 2.13. The number of amides is 1. The lowest BCUT2D eigenvalue weighted by Crippen LogP contribution is -2.41. The summed E-state index contributed by atoms with van der Waals surface area (Å²) in [5, 5.41) is 5.76. The van der Waals surface area contributed by atoms with Gasteiger partial charge in [0, 0.05) is 37.4 Å². The van der Waals surface area contributed by atoms with Gasteiger partial charge >= 0.3 is 0 Å². The van der Waals surface area contributed by atoms with E-state index >= 15 is 0 Å². The quantitative estimate of drug-likeness (QED) is 0.833. The number of nitrogens with zero attached hydrogens (tertiary/aromatic N) is 2. The molecule has 0 aliphatic heterocycles. The topological polar surface area (TPSA) is 76.0 Å². The van der Waals surface area contributed by atoms with Crippen molar-refractivity contribution in [2.75, 3.05) is 11.9 Å². The van der Waals surface area contributed by atoms with Crippen LogP contribution in [0.5, 0.6) is 0 Å². The summed E-state index contributed by atoms with van der Waals surface area (Å²) in [5.41, 5.74) is -0.405. The van der Waals surface area contributed by atoms with Gasteiger partial charge in [0.25, 0.3) is 5.56 Å². The third-order valence-electron chi connectivity index (χ3n) is 2.41. The molecule has 6 heteroatoms. The highest BCUT2D eigenvalue weighted by molar-refractivity contribution is 5.77. The van der Waals surface area contributed by atoms with Gasteiger partial charge in [-0.3, -0.25) is 9.59 Å². The van der Waals surface area contributed by atoms with E-state index in [1.807, 2.05) is 27.7 Å². The highest BCUT2D eigenvalue weighted by Crippen LogP contribution is 1.99. The number of aromatic nitrogens is 2. The van der Waals surface area contributed by atoms with Crippen LogP contribution >= 0.6 is 0 Å². The fourth-order valence-corrected chi connectivity index (χ4v) is 1.59. The molecule has 0 aromatic carbocycles. The average Bonchev–Trinajstić information content (AvgIpc) is 2.29. The Kier molecular flexibility index (Phi) is 5.09. The van der Waals surface area contributed by atoms with Crippen LogP contribution in [0, 0.1) is 0 Å². The highest BCUT2D eigenvalue weighted by atomic mass is 16.2. The second kappa shape index (κ2) is 6.36. The Morgan fingerprint density at radius 3 is 2.68 bits per heavy atom. The molecule has 0 aliphatic rings. The normalized spacial score (nSPS) is 11.2. The lowest BCUT2D eigenvalue weighted by Gasteiger charge is -2.20. The molecule has 0 spiro atoms. The summed E-state index contributed by atoms with van der Waals surface area (Å²) in [4.78, 5) is 27.4. The molecule has 0 atom stereocenters. The third-order valence-corrected chi connectivity index (χ3v) is 2.41. The average molecular weight is 266 g/mol. The van der Waals surface area contributed by atoms with Gasteiger partial charge < -0.3 is 15.2 Å². The van der Waals surface area contributed by atoms with Crippen LogP contribution in [0.3, 0.4) is 0 Å². The minimum absolute atomic E-state index is 0.0493. The van der Waals surface area contributed by atoms with E-state index in [1.54, 1.807) is 17.0 Å². The Morgan fingerprint density at radius 1 is 1.42 bits per heavy atom. The molecule has 0 saturated carbocycles. The van der Waals surface area contributed by atoms with Gasteiger partial charge in [-0.25, -0.2) is 4.98 Å². The summed E-state index contributed by atoms with van der Waals surface area (Å²) in [5.74, 6) is 0.236. The monoisotopic (exact) mass is 266 g/mol. The Hall–Kier alpha value is -1.85. The molecule has 0 bridgehead atoms. The van der Waals surface area contributed by atoms with Crippen molar-refractivity contribution < 1.29 is 4.79 Å².